The molecule has 0 heterocycles. The minimum Gasteiger partial charge on any atom is -0.326 e. The quantitative estimate of drug-likeness (QED) is 0.817. The molecule has 122 valence electrons. The zero-order valence-corrected chi connectivity index (χ0v) is 14.5. The van der Waals surface area contributed by atoms with Crippen LogP contribution in [0.15, 0.2) is 24.3 Å². The number of carbonyl (C=O) groups excluding carboxylic acids is 2. The van der Waals surface area contributed by atoms with Crippen LogP contribution >= 0.6 is 0 Å². The Bertz CT molecular complexity index is 520. The first-order valence-electron chi connectivity index (χ1n) is 7.69. The van der Waals surface area contributed by atoms with E-state index in [0.717, 1.165) is 0 Å². The Hall–Kier alpha value is -1.68. The predicted octanol–water partition coefficient (Wildman–Crippen LogP) is 3.63. The van der Waals surface area contributed by atoms with Crippen molar-refractivity contribution < 1.29 is 9.59 Å². The molecule has 0 bridgehead atoms. The highest BCUT2D eigenvalue weighted by Gasteiger charge is 2.22. The number of amides is 1. The van der Waals surface area contributed by atoms with Crippen molar-refractivity contribution in [2.24, 2.45) is 5.41 Å². The average molecular weight is 304 g/mol. The summed E-state index contributed by atoms with van der Waals surface area (Å²) in [6.45, 7) is 12.5. The highest BCUT2D eigenvalue weighted by atomic mass is 16.1. The van der Waals surface area contributed by atoms with Crippen molar-refractivity contribution in [1.82, 2.24) is 5.32 Å². The first-order chi connectivity index (χ1) is 9.99. The van der Waals surface area contributed by atoms with Gasteiger partial charge in [-0.1, -0.05) is 20.8 Å². The molecule has 0 radical (unpaired) electrons. The predicted molar refractivity (Wildman–Crippen MR) is 91.2 cm³/mol. The first kappa shape index (κ1) is 18.4. The topological polar surface area (TPSA) is 58.2 Å². The number of benzene rings is 1. The van der Waals surface area contributed by atoms with Crippen molar-refractivity contribution in [1.29, 1.82) is 0 Å². The fraction of sp³-hybridized carbons (Fsp3) is 0.556. The number of ketones is 1. The van der Waals surface area contributed by atoms with Gasteiger partial charge in [-0.2, -0.15) is 0 Å². The molecule has 0 aliphatic carbocycles. The summed E-state index contributed by atoms with van der Waals surface area (Å²) < 4.78 is 0. The molecular weight excluding hydrogens is 276 g/mol. The van der Waals surface area contributed by atoms with Gasteiger partial charge in [0.2, 0.25) is 5.91 Å². The second-order valence-corrected chi connectivity index (χ2v) is 7.63. The van der Waals surface area contributed by atoms with E-state index in [1.807, 2.05) is 20.8 Å². The summed E-state index contributed by atoms with van der Waals surface area (Å²) in [5.41, 5.74) is 0.990. The molecule has 22 heavy (non-hydrogen) atoms. The number of rotatable bonds is 5. The van der Waals surface area contributed by atoms with Gasteiger partial charge in [0.25, 0.3) is 0 Å². The molecule has 0 saturated heterocycles. The van der Waals surface area contributed by atoms with Crippen LogP contribution in [0.2, 0.25) is 0 Å². The Labute approximate surface area is 133 Å². The van der Waals surface area contributed by atoms with Crippen molar-refractivity contribution in [3.05, 3.63) is 29.8 Å². The van der Waals surface area contributed by atoms with E-state index in [1.54, 1.807) is 24.3 Å². The van der Waals surface area contributed by atoms with Gasteiger partial charge in [0.05, 0.1) is 0 Å². The van der Waals surface area contributed by atoms with Crippen LogP contribution in [0.4, 0.5) is 5.69 Å². The van der Waals surface area contributed by atoms with Crippen molar-refractivity contribution >= 4 is 17.4 Å². The van der Waals surface area contributed by atoms with E-state index in [9.17, 15) is 9.59 Å². The lowest BCUT2D eigenvalue weighted by atomic mass is 9.86. The third kappa shape index (κ3) is 6.39. The van der Waals surface area contributed by atoms with Crippen LogP contribution in [-0.4, -0.2) is 23.8 Å². The van der Waals surface area contributed by atoms with Gasteiger partial charge in [0.1, 0.15) is 0 Å². The summed E-state index contributed by atoms with van der Waals surface area (Å²) in [6, 6.07) is 7.06. The highest BCUT2D eigenvalue weighted by Crippen LogP contribution is 2.21. The largest absolute Gasteiger partial charge is 0.326 e. The van der Waals surface area contributed by atoms with E-state index in [0.29, 0.717) is 24.2 Å². The summed E-state index contributed by atoms with van der Waals surface area (Å²) in [7, 11) is 0. The third-order valence-electron chi connectivity index (χ3n) is 3.12. The van der Waals surface area contributed by atoms with Gasteiger partial charge in [0.15, 0.2) is 5.78 Å². The van der Waals surface area contributed by atoms with Crippen LogP contribution in [0.3, 0.4) is 0 Å². The van der Waals surface area contributed by atoms with Gasteiger partial charge in [0, 0.05) is 35.2 Å². The summed E-state index contributed by atoms with van der Waals surface area (Å²) in [5, 5.41) is 6.12. The van der Waals surface area contributed by atoms with E-state index < -0.39 is 5.41 Å². The van der Waals surface area contributed by atoms with Gasteiger partial charge in [-0.15, -0.1) is 0 Å². The van der Waals surface area contributed by atoms with Crippen LogP contribution in [0.25, 0.3) is 0 Å². The minimum atomic E-state index is -0.399. The van der Waals surface area contributed by atoms with Gasteiger partial charge in [-0.05, 0) is 45.0 Å². The first-order valence-corrected chi connectivity index (χ1v) is 7.69. The maximum absolute atomic E-state index is 12.1. The molecule has 0 unspecified atom stereocenters. The zero-order chi connectivity index (χ0) is 17.0. The van der Waals surface area contributed by atoms with Crippen molar-refractivity contribution in [2.75, 3.05) is 11.9 Å². The smallest absolute Gasteiger partial charge is 0.225 e. The molecule has 4 nitrogen and oxygen atoms in total. The normalized spacial score (nSPS) is 12.1. The number of anilines is 1. The van der Waals surface area contributed by atoms with E-state index in [-0.39, 0.29) is 17.2 Å². The molecule has 0 atom stereocenters. The maximum atomic E-state index is 12.1. The third-order valence-corrected chi connectivity index (χ3v) is 3.12. The highest BCUT2D eigenvalue weighted by molar-refractivity contribution is 6.00. The molecule has 0 saturated carbocycles. The molecule has 1 amide bonds. The summed E-state index contributed by atoms with van der Waals surface area (Å²) >= 11 is 0. The molecular formula is C18H28N2O2. The lowest BCUT2D eigenvalue weighted by molar-refractivity contribution is -0.116. The monoisotopic (exact) mass is 304 g/mol. The fourth-order valence-corrected chi connectivity index (χ4v) is 1.91. The van der Waals surface area contributed by atoms with E-state index in [1.165, 1.54) is 0 Å². The van der Waals surface area contributed by atoms with Crippen LogP contribution in [-0.2, 0) is 4.79 Å². The Morgan fingerprint density at radius 1 is 0.955 bits per heavy atom. The van der Waals surface area contributed by atoms with Crippen molar-refractivity contribution in [2.45, 2.75) is 53.5 Å². The molecule has 0 aliphatic rings. The lowest BCUT2D eigenvalue weighted by Crippen LogP contribution is -2.37. The average Bonchev–Trinajstić information content (AvgIpc) is 2.36. The van der Waals surface area contributed by atoms with Crippen LogP contribution in [0.1, 0.15) is 58.3 Å². The lowest BCUT2D eigenvalue weighted by Gasteiger charge is -2.20. The van der Waals surface area contributed by atoms with Crippen molar-refractivity contribution in [3.8, 4) is 0 Å². The zero-order valence-electron chi connectivity index (χ0n) is 14.5. The minimum absolute atomic E-state index is 0.00917. The summed E-state index contributed by atoms with van der Waals surface area (Å²) in [4.78, 5) is 24.0. The Morgan fingerprint density at radius 2 is 1.50 bits per heavy atom. The van der Waals surface area contributed by atoms with Crippen LogP contribution in [0.5, 0.6) is 0 Å². The maximum Gasteiger partial charge on any atom is 0.225 e. The second kappa shape index (κ2) is 7.05. The van der Waals surface area contributed by atoms with E-state index in [2.05, 4.69) is 31.4 Å². The number of carbonyl (C=O) groups is 2. The number of Topliss-reactive ketones (excluding diaryl/α,β-unsaturated/α-hetero) is 1. The van der Waals surface area contributed by atoms with Gasteiger partial charge >= 0.3 is 0 Å². The molecule has 1 aromatic carbocycles. The number of hydrogen-bond acceptors (Lipinski definition) is 3. The van der Waals surface area contributed by atoms with Gasteiger partial charge in [-0.3, -0.25) is 9.59 Å². The fourth-order valence-electron chi connectivity index (χ4n) is 1.91. The Balaban J connectivity index is 2.54. The van der Waals surface area contributed by atoms with E-state index >= 15 is 0 Å². The molecule has 1 rings (SSSR count). The standard InChI is InChI=1S/C18H28N2O2/c1-17(2,3)16(22)13-7-9-14(10-8-13)20-15(21)11-12-19-18(4,5)6/h7-10,19H,11-12H2,1-6H3,(H,20,21). The number of nitrogens with one attached hydrogen (secondary N) is 2. The molecule has 2 N–H and O–H groups in total. The van der Waals surface area contributed by atoms with Crippen LogP contribution < -0.4 is 10.6 Å². The molecule has 0 aromatic heterocycles. The van der Waals surface area contributed by atoms with Crippen molar-refractivity contribution in [3.63, 3.8) is 0 Å². The second-order valence-electron chi connectivity index (χ2n) is 7.63. The molecule has 4 heteroatoms. The summed E-state index contributed by atoms with van der Waals surface area (Å²) in [5.74, 6) is 0.0615. The SMILES string of the molecule is CC(C)(C)NCCC(=O)Nc1ccc(C(=O)C(C)(C)C)cc1. The molecule has 0 spiro atoms. The van der Waals surface area contributed by atoms with Crippen LogP contribution in [0, 0.1) is 5.41 Å². The molecule has 0 fully saturated rings. The molecule has 1 aromatic rings. The van der Waals surface area contributed by atoms with Gasteiger partial charge in [-0.25, -0.2) is 0 Å². The Morgan fingerprint density at radius 3 is 1.95 bits per heavy atom. The number of hydrogen-bond donors (Lipinski definition) is 2. The Kier molecular flexibility index (Phi) is 5.89. The van der Waals surface area contributed by atoms with Gasteiger partial charge < -0.3 is 10.6 Å². The van der Waals surface area contributed by atoms with E-state index in [4.69, 9.17) is 0 Å². The summed E-state index contributed by atoms with van der Waals surface area (Å²) in [6.07, 6.45) is 0.417. The molecule has 0 aliphatic heterocycles.